The van der Waals surface area contributed by atoms with Crippen molar-refractivity contribution in [2.24, 2.45) is 0 Å². The molecule has 0 amide bonds. The number of hydrogen-bond acceptors (Lipinski definition) is 7. The fraction of sp³-hybridized carbons (Fsp3) is 0.647. The number of aliphatic hydroxyl groups is 4. The largest absolute Gasteiger partial charge is 0.388 e. The normalized spacial score (nSPS) is 35.2. The van der Waals surface area contributed by atoms with Crippen LogP contribution in [-0.2, 0) is 4.74 Å². The zero-order valence-electron chi connectivity index (χ0n) is 13.8. The van der Waals surface area contributed by atoms with Crippen molar-refractivity contribution in [3.05, 3.63) is 29.8 Å². The van der Waals surface area contributed by atoms with E-state index in [9.17, 15) is 20.4 Å². The molecular weight excluding hydrogens is 312 g/mol. The van der Waals surface area contributed by atoms with E-state index in [2.05, 4.69) is 41.0 Å². The van der Waals surface area contributed by atoms with Gasteiger partial charge in [0.25, 0.3) is 0 Å². The molecule has 5 atom stereocenters. The van der Waals surface area contributed by atoms with Crippen LogP contribution >= 0.6 is 0 Å². The monoisotopic (exact) mass is 338 g/mol. The third-order valence-electron chi connectivity index (χ3n) is 4.86. The van der Waals surface area contributed by atoms with Crippen molar-refractivity contribution in [2.45, 2.75) is 37.6 Å². The Morgan fingerprint density at radius 3 is 2.38 bits per heavy atom. The second-order valence-corrected chi connectivity index (χ2v) is 6.66. The molecule has 24 heavy (non-hydrogen) atoms. The molecule has 0 spiro atoms. The highest BCUT2D eigenvalue weighted by molar-refractivity contribution is 5.48. The summed E-state index contributed by atoms with van der Waals surface area (Å²) < 4.78 is 5.25. The Balaban J connectivity index is 1.54. The van der Waals surface area contributed by atoms with Crippen molar-refractivity contribution < 1.29 is 25.2 Å². The van der Waals surface area contributed by atoms with Gasteiger partial charge in [0.1, 0.15) is 24.4 Å². The van der Waals surface area contributed by atoms with Gasteiger partial charge in [-0.05, 0) is 24.6 Å². The van der Waals surface area contributed by atoms with Crippen molar-refractivity contribution >= 4 is 5.69 Å². The summed E-state index contributed by atoms with van der Waals surface area (Å²) in [7, 11) is 0. The minimum Gasteiger partial charge on any atom is -0.388 e. The summed E-state index contributed by atoms with van der Waals surface area (Å²) in [4.78, 5) is 4.45. The number of aryl methyl sites for hydroxylation is 1. The van der Waals surface area contributed by atoms with Crippen LogP contribution in [0.25, 0.3) is 0 Å². The van der Waals surface area contributed by atoms with Crippen molar-refractivity contribution in [1.82, 2.24) is 4.90 Å². The number of piperazine rings is 1. The van der Waals surface area contributed by atoms with Crippen LogP contribution in [0.15, 0.2) is 24.3 Å². The number of ether oxygens (including phenoxy) is 1. The summed E-state index contributed by atoms with van der Waals surface area (Å²) in [5.41, 5.74) is 2.44. The number of benzene rings is 1. The summed E-state index contributed by atoms with van der Waals surface area (Å²) in [6.07, 6.45) is -6.27. The zero-order chi connectivity index (χ0) is 17.3. The first-order valence-corrected chi connectivity index (χ1v) is 8.37. The molecular formula is C17H26N2O5. The van der Waals surface area contributed by atoms with Crippen molar-refractivity contribution in [3.63, 3.8) is 0 Å². The van der Waals surface area contributed by atoms with Crippen LogP contribution in [0, 0.1) is 6.92 Å². The molecule has 2 fully saturated rings. The van der Waals surface area contributed by atoms with Crippen LogP contribution in [0.5, 0.6) is 0 Å². The van der Waals surface area contributed by atoms with E-state index in [1.807, 2.05) is 0 Å². The maximum absolute atomic E-state index is 10.0. The molecule has 2 heterocycles. The number of aliphatic hydroxyl groups excluding tert-OH is 4. The predicted octanol–water partition coefficient (Wildman–Crippen LogP) is -1.08. The van der Waals surface area contributed by atoms with Gasteiger partial charge in [-0.2, -0.15) is 0 Å². The van der Waals surface area contributed by atoms with E-state index >= 15 is 0 Å². The molecule has 2 saturated heterocycles. The number of rotatable bonds is 3. The van der Waals surface area contributed by atoms with Crippen LogP contribution in [0.2, 0.25) is 0 Å². The van der Waals surface area contributed by atoms with Gasteiger partial charge in [-0.25, -0.2) is 0 Å². The number of anilines is 1. The molecule has 3 rings (SSSR count). The van der Waals surface area contributed by atoms with Gasteiger partial charge >= 0.3 is 0 Å². The highest BCUT2D eigenvalue weighted by atomic mass is 16.6. The molecule has 4 N–H and O–H groups in total. The summed E-state index contributed by atoms with van der Waals surface area (Å²) in [5.74, 6) is 0. The molecule has 2 unspecified atom stereocenters. The topological polar surface area (TPSA) is 96.6 Å². The fourth-order valence-corrected chi connectivity index (χ4v) is 3.35. The molecule has 134 valence electrons. The Morgan fingerprint density at radius 1 is 1.00 bits per heavy atom. The molecule has 1 aromatic rings. The smallest absolute Gasteiger partial charge is 0.184 e. The molecule has 0 radical (unpaired) electrons. The van der Waals surface area contributed by atoms with Crippen LogP contribution in [0.4, 0.5) is 5.69 Å². The van der Waals surface area contributed by atoms with Crippen LogP contribution in [-0.4, -0.2) is 88.8 Å². The zero-order valence-corrected chi connectivity index (χ0v) is 13.8. The second-order valence-electron chi connectivity index (χ2n) is 6.66. The Hall–Kier alpha value is -1.22. The fourth-order valence-electron chi connectivity index (χ4n) is 3.35. The predicted molar refractivity (Wildman–Crippen MR) is 88.7 cm³/mol. The van der Waals surface area contributed by atoms with Crippen molar-refractivity contribution in [3.8, 4) is 0 Å². The highest BCUT2D eigenvalue weighted by Gasteiger charge is 2.43. The molecule has 7 heteroatoms. The van der Waals surface area contributed by atoms with Gasteiger partial charge < -0.3 is 30.1 Å². The first kappa shape index (κ1) is 17.6. The summed E-state index contributed by atoms with van der Waals surface area (Å²) >= 11 is 0. The van der Waals surface area contributed by atoms with Gasteiger partial charge in [-0.3, -0.25) is 4.90 Å². The summed E-state index contributed by atoms with van der Waals surface area (Å²) in [5, 5.41) is 38.9. The molecule has 2 aliphatic rings. The molecule has 0 aromatic heterocycles. The second kappa shape index (κ2) is 7.35. The maximum Gasteiger partial charge on any atom is 0.184 e. The highest BCUT2D eigenvalue weighted by Crippen LogP contribution is 2.22. The minimum atomic E-state index is -1.48. The Labute approximate surface area is 141 Å². The van der Waals surface area contributed by atoms with Crippen molar-refractivity contribution in [2.75, 3.05) is 37.6 Å². The molecule has 2 aliphatic heterocycles. The number of nitrogens with zero attached hydrogens (tertiary/aromatic N) is 2. The lowest BCUT2D eigenvalue weighted by molar-refractivity contribution is -0.283. The van der Waals surface area contributed by atoms with Crippen LogP contribution in [0.3, 0.4) is 0 Å². The first-order chi connectivity index (χ1) is 11.5. The van der Waals surface area contributed by atoms with E-state index in [1.165, 1.54) is 11.3 Å². The van der Waals surface area contributed by atoms with E-state index in [1.54, 1.807) is 0 Å². The molecule has 0 saturated carbocycles. The van der Waals surface area contributed by atoms with Gasteiger partial charge in [0.2, 0.25) is 0 Å². The van der Waals surface area contributed by atoms with Gasteiger partial charge in [0.05, 0.1) is 0 Å². The average Bonchev–Trinajstić information content (AvgIpc) is 2.58. The standard InChI is InChI=1S/C17H26N2O5/c1-11-3-2-4-12(9-11)19-7-5-18(6-8-19)10-13-14(20)15(21)16(22)17(23)24-13/h2-4,9,13-17,20-23H,5-8,10H2,1H3/t13?,14-,15-,16+,17?/m0/s1. The molecule has 0 bridgehead atoms. The van der Waals surface area contributed by atoms with E-state index in [4.69, 9.17) is 4.74 Å². The van der Waals surface area contributed by atoms with Gasteiger partial charge in [-0.1, -0.05) is 12.1 Å². The van der Waals surface area contributed by atoms with E-state index in [0.29, 0.717) is 6.54 Å². The lowest BCUT2D eigenvalue weighted by Gasteiger charge is -2.42. The molecule has 7 nitrogen and oxygen atoms in total. The Kier molecular flexibility index (Phi) is 5.39. The Bertz CT molecular complexity index is 550. The molecule has 1 aromatic carbocycles. The maximum atomic E-state index is 10.0. The van der Waals surface area contributed by atoms with E-state index in [0.717, 1.165) is 26.2 Å². The third-order valence-corrected chi connectivity index (χ3v) is 4.86. The van der Waals surface area contributed by atoms with Gasteiger partial charge in [0.15, 0.2) is 6.29 Å². The van der Waals surface area contributed by atoms with Crippen LogP contribution < -0.4 is 4.90 Å². The average molecular weight is 338 g/mol. The summed E-state index contributed by atoms with van der Waals surface area (Å²) in [6.45, 7) is 5.81. The van der Waals surface area contributed by atoms with Gasteiger partial charge in [-0.15, -0.1) is 0 Å². The lowest BCUT2D eigenvalue weighted by Crippen LogP contribution is -2.61. The van der Waals surface area contributed by atoms with Crippen molar-refractivity contribution in [1.29, 1.82) is 0 Å². The SMILES string of the molecule is Cc1cccc(N2CCN(CC3OC(O)[C@H](O)[C@@H](O)[C@H]3O)CC2)c1. The first-order valence-electron chi connectivity index (χ1n) is 8.37. The van der Waals surface area contributed by atoms with Crippen LogP contribution in [0.1, 0.15) is 5.56 Å². The lowest BCUT2D eigenvalue weighted by atomic mass is 9.98. The minimum absolute atomic E-state index is 0.406. The van der Waals surface area contributed by atoms with Gasteiger partial charge in [0, 0.05) is 38.4 Å². The summed E-state index contributed by atoms with van der Waals surface area (Å²) in [6, 6.07) is 8.40. The van der Waals surface area contributed by atoms with E-state index in [-0.39, 0.29) is 0 Å². The van der Waals surface area contributed by atoms with E-state index < -0.39 is 30.7 Å². The quantitative estimate of drug-likeness (QED) is 0.556. The number of hydrogen-bond donors (Lipinski definition) is 4. The Morgan fingerprint density at radius 2 is 1.71 bits per heavy atom. The molecule has 0 aliphatic carbocycles. The third kappa shape index (κ3) is 3.72.